The molecule has 0 atom stereocenters. The third kappa shape index (κ3) is 4.75. The molecule has 3 rings (SSSR count). The van der Waals surface area contributed by atoms with Gasteiger partial charge in [-0.3, -0.25) is 4.79 Å². The molecule has 0 fully saturated rings. The van der Waals surface area contributed by atoms with Crippen LogP contribution in [0.5, 0.6) is 0 Å². The summed E-state index contributed by atoms with van der Waals surface area (Å²) >= 11 is 1.29. The zero-order valence-corrected chi connectivity index (χ0v) is 16.9. The molecule has 2 aromatic carbocycles. The summed E-state index contributed by atoms with van der Waals surface area (Å²) in [5.74, 6) is -0.149. The summed E-state index contributed by atoms with van der Waals surface area (Å²) in [5, 5.41) is 12.4. The zero-order chi connectivity index (χ0) is 20.1. The van der Waals surface area contributed by atoms with Gasteiger partial charge in [-0.2, -0.15) is 4.68 Å². The second kappa shape index (κ2) is 8.97. The maximum Gasteiger partial charge on any atom is 0.233 e. The Morgan fingerprint density at radius 1 is 1.21 bits per heavy atom. The van der Waals surface area contributed by atoms with Crippen LogP contribution in [0.25, 0.3) is 5.69 Å². The van der Waals surface area contributed by atoms with Gasteiger partial charge in [-0.1, -0.05) is 41.6 Å². The quantitative estimate of drug-likeness (QED) is 0.569. The largest absolute Gasteiger partial charge is 0.338 e. The SMILES string of the molecule is CCN(Cc1cccc(F)c1)C(=O)CSc1nnnn1-c1ccc(C)cc1C. The second-order valence-electron chi connectivity index (χ2n) is 6.49. The number of thioether (sulfide) groups is 1. The van der Waals surface area contributed by atoms with E-state index in [-0.39, 0.29) is 17.5 Å². The minimum Gasteiger partial charge on any atom is -0.338 e. The fourth-order valence-corrected chi connectivity index (χ4v) is 3.70. The summed E-state index contributed by atoms with van der Waals surface area (Å²) < 4.78 is 15.0. The Hall–Kier alpha value is -2.74. The molecule has 1 heterocycles. The van der Waals surface area contributed by atoms with Crippen LogP contribution >= 0.6 is 11.8 Å². The summed E-state index contributed by atoms with van der Waals surface area (Å²) in [5.41, 5.74) is 3.87. The van der Waals surface area contributed by atoms with Crippen molar-refractivity contribution >= 4 is 17.7 Å². The number of aromatic nitrogens is 4. The highest BCUT2D eigenvalue weighted by Crippen LogP contribution is 2.22. The van der Waals surface area contributed by atoms with Crippen molar-refractivity contribution in [2.45, 2.75) is 32.5 Å². The molecule has 6 nitrogen and oxygen atoms in total. The van der Waals surface area contributed by atoms with Crippen molar-refractivity contribution in [2.24, 2.45) is 0 Å². The van der Waals surface area contributed by atoms with E-state index in [1.807, 2.05) is 39.0 Å². The highest BCUT2D eigenvalue weighted by atomic mass is 32.2. The number of hydrogen-bond donors (Lipinski definition) is 0. The van der Waals surface area contributed by atoms with Crippen LogP contribution in [-0.4, -0.2) is 43.3 Å². The van der Waals surface area contributed by atoms with Crippen LogP contribution in [0, 0.1) is 19.7 Å². The van der Waals surface area contributed by atoms with Gasteiger partial charge in [-0.05, 0) is 60.5 Å². The lowest BCUT2D eigenvalue weighted by atomic mass is 10.1. The van der Waals surface area contributed by atoms with Gasteiger partial charge in [0.15, 0.2) is 0 Å². The first-order chi connectivity index (χ1) is 13.5. The zero-order valence-electron chi connectivity index (χ0n) is 16.1. The Kier molecular flexibility index (Phi) is 6.41. The van der Waals surface area contributed by atoms with E-state index in [2.05, 4.69) is 21.6 Å². The van der Waals surface area contributed by atoms with Gasteiger partial charge in [0.25, 0.3) is 0 Å². The number of rotatable bonds is 7. The van der Waals surface area contributed by atoms with E-state index in [9.17, 15) is 9.18 Å². The molecule has 0 spiro atoms. The minimum absolute atomic E-state index is 0.0491. The van der Waals surface area contributed by atoms with Crippen LogP contribution in [0.2, 0.25) is 0 Å². The number of aryl methyl sites for hydroxylation is 2. The predicted octanol–water partition coefficient (Wildman–Crippen LogP) is 3.56. The third-order valence-corrected chi connectivity index (χ3v) is 5.25. The Morgan fingerprint density at radius 3 is 2.75 bits per heavy atom. The Labute approximate surface area is 167 Å². The summed E-state index contributed by atoms with van der Waals surface area (Å²) in [6.07, 6.45) is 0. The van der Waals surface area contributed by atoms with Crippen molar-refractivity contribution in [3.05, 3.63) is 65.0 Å². The normalized spacial score (nSPS) is 10.9. The molecule has 3 aromatic rings. The van der Waals surface area contributed by atoms with E-state index >= 15 is 0 Å². The van der Waals surface area contributed by atoms with Gasteiger partial charge in [0, 0.05) is 13.1 Å². The van der Waals surface area contributed by atoms with Crippen molar-refractivity contribution in [2.75, 3.05) is 12.3 Å². The molecular formula is C20H22FN5OS. The van der Waals surface area contributed by atoms with E-state index in [1.165, 1.54) is 23.9 Å². The minimum atomic E-state index is -0.303. The summed E-state index contributed by atoms with van der Waals surface area (Å²) in [4.78, 5) is 14.3. The Bertz CT molecular complexity index is 975. The molecule has 28 heavy (non-hydrogen) atoms. The van der Waals surface area contributed by atoms with Crippen LogP contribution in [0.1, 0.15) is 23.6 Å². The molecule has 0 aliphatic heterocycles. The third-order valence-electron chi connectivity index (χ3n) is 4.34. The van der Waals surface area contributed by atoms with Crippen LogP contribution < -0.4 is 0 Å². The van der Waals surface area contributed by atoms with Gasteiger partial charge >= 0.3 is 0 Å². The van der Waals surface area contributed by atoms with Gasteiger partial charge in [0.05, 0.1) is 11.4 Å². The number of halogens is 1. The molecule has 0 bridgehead atoms. The van der Waals surface area contributed by atoms with E-state index in [4.69, 9.17) is 0 Å². The molecule has 0 aliphatic rings. The lowest BCUT2D eigenvalue weighted by molar-refractivity contribution is -0.128. The number of hydrogen-bond acceptors (Lipinski definition) is 5. The highest BCUT2D eigenvalue weighted by Gasteiger charge is 2.17. The number of carbonyl (C=O) groups excluding carboxylic acids is 1. The molecule has 0 aliphatic carbocycles. The van der Waals surface area contributed by atoms with Crippen molar-refractivity contribution in [1.82, 2.24) is 25.1 Å². The van der Waals surface area contributed by atoms with Crippen molar-refractivity contribution in [3.63, 3.8) is 0 Å². The van der Waals surface area contributed by atoms with Gasteiger partial charge in [0.1, 0.15) is 5.82 Å². The van der Waals surface area contributed by atoms with Crippen molar-refractivity contribution in [3.8, 4) is 5.69 Å². The maximum atomic E-state index is 13.4. The molecule has 0 saturated heterocycles. The van der Waals surface area contributed by atoms with Crippen LogP contribution in [-0.2, 0) is 11.3 Å². The van der Waals surface area contributed by atoms with Crippen LogP contribution in [0.4, 0.5) is 4.39 Å². The fourth-order valence-electron chi connectivity index (χ4n) is 2.91. The van der Waals surface area contributed by atoms with Gasteiger partial charge in [0.2, 0.25) is 11.1 Å². The van der Waals surface area contributed by atoms with Gasteiger partial charge in [-0.15, -0.1) is 5.10 Å². The standard InChI is InChI=1S/C20H22FN5OS/c1-4-25(12-16-6-5-7-17(21)11-16)19(27)13-28-20-22-23-24-26(20)18-9-8-14(2)10-15(18)3/h5-11H,4,12-13H2,1-3H3. The number of tetrazole rings is 1. The van der Waals surface area contributed by atoms with E-state index in [1.54, 1.807) is 15.6 Å². The lowest BCUT2D eigenvalue weighted by Crippen LogP contribution is -2.31. The topological polar surface area (TPSA) is 63.9 Å². The van der Waals surface area contributed by atoms with Gasteiger partial charge < -0.3 is 4.90 Å². The van der Waals surface area contributed by atoms with Gasteiger partial charge in [-0.25, -0.2) is 4.39 Å². The van der Waals surface area contributed by atoms with E-state index in [0.29, 0.717) is 18.2 Å². The summed E-state index contributed by atoms with van der Waals surface area (Å²) in [7, 11) is 0. The van der Waals surface area contributed by atoms with E-state index < -0.39 is 0 Å². The second-order valence-corrected chi connectivity index (χ2v) is 7.43. The average Bonchev–Trinajstić information content (AvgIpc) is 3.12. The molecule has 0 N–H and O–H groups in total. The fraction of sp³-hybridized carbons (Fsp3) is 0.300. The number of benzene rings is 2. The van der Waals surface area contributed by atoms with Crippen molar-refractivity contribution in [1.29, 1.82) is 0 Å². The molecule has 8 heteroatoms. The Morgan fingerprint density at radius 2 is 2.04 bits per heavy atom. The maximum absolute atomic E-state index is 13.4. The predicted molar refractivity (Wildman–Crippen MR) is 107 cm³/mol. The average molecular weight is 399 g/mol. The molecule has 1 aromatic heterocycles. The number of amides is 1. The Balaban J connectivity index is 1.68. The van der Waals surface area contributed by atoms with E-state index in [0.717, 1.165) is 22.4 Å². The molecular weight excluding hydrogens is 377 g/mol. The van der Waals surface area contributed by atoms with Crippen LogP contribution in [0.3, 0.4) is 0 Å². The number of nitrogens with zero attached hydrogens (tertiary/aromatic N) is 5. The van der Waals surface area contributed by atoms with Crippen molar-refractivity contribution < 1.29 is 9.18 Å². The molecule has 146 valence electrons. The lowest BCUT2D eigenvalue weighted by Gasteiger charge is -2.20. The molecule has 0 unspecified atom stereocenters. The molecule has 0 radical (unpaired) electrons. The highest BCUT2D eigenvalue weighted by molar-refractivity contribution is 7.99. The smallest absolute Gasteiger partial charge is 0.233 e. The first-order valence-corrected chi connectivity index (χ1v) is 9.97. The monoisotopic (exact) mass is 399 g/mol. The molecule has 1 amide bonds. The number of carbonyl (C=O) groups is 1. The first kappa shape index (κ1) is 20.0. The molecule has 0 saturated carbocycles. The first-order valence-electron chi connectivity index (χ1n) is 8.99. The van der Waals surface area contributed by atoms with Crippen LogP contribution in [0.15, 0.2) is 47.6 Å². The summed E-state index contributed by atoms with van der Waals surface area (Å²) in [6.45, 7) is 6.85. The summed E-state index contributed by atoms with van der Waals surface area (Å²) in [6, 6.07) is 12.3.